The molecule has 23 heavy (non-hydrogen) atoms. The lowest BCUT2D eigenvalue weighted by molar-refractivity contribution is -0.139. The van der Waals surface area contributed by atoms with E-state index in [-0.39, 0.29) is 18.2 Å². The fourth-order valence-electron chi connectivity index (χ4n) is 2.25. The lowest BCUT2D eigenvalue weighted by atomic mass is 10.0. The minimum Gasteiger partial charge on any atom is -0.387 e. The van der Waals surface area contributed by atoms with Gasteiger partial charge in [0.15, 0.2) is 0 Å². The minimum atomic E-state index is -4.48. The number of benzene rings is 1. The van der Waals surface area contributed by atoms with Crippen LogP contribution in [0.15, 0.2) is 36.5 Å². The van der Waals surface area contributed by atoms with Crippen LogP contribution < -0.4 is 5.32 Å². The molecule has 0 amide bonds. The predicted octanol–water partition coefficient (Wildman–Crippen LogP) is 3.31. The minimum absolute atomic E-state index is 0.0155. The van der Waals surface area contributed by atoms with Gasteiger partial charge in [0.25, 0.3) is 0 Å². The largest absolute Gasteiger partial charge is 0.416 e. The Morgan fingerprint density at radius 3 is 2.52 bits per heavy atom. The van der Waals surface area contributed by atoms with E-state index >= 15 is 0 Å². The molecule has 2 rings (SSSR count). The molecule has 0 aliphatic heterocycles. The Labute approximate surface area is 132 Å². The second-order valence-electron chi connectivity index (χ2n) is 5.61. The number of aliphatic hydroxyl groups is 1. The highest BCUT2D eigenvalue weighted by atomic mass is 19.4. The molecule has 1 aromatic carbocycles. The van der Waals surface area contributed by atoms with Gasteiger partial charge in [0, 0.05) is 25.3 Å². The molecule has 0 saturated carbocycles. The molecule has 0 aliphatic carbocycles. The molecule has 2 N–H and O–H groups in total. The molecule has 1 atom stereocenters. The van der Waals surface area contributed by atoms with E-state index in [1.54, 1.807) is 4.68 Å². The molecule has 126 valence electrons. The molecule has 4 nitrogen and oxygen atoms in total. The third kappa shape index (κ3) is 4.56. The smallest absolute Gasteiger partial charge is 0.387 e. The van der Waals surface area contributed by atoms with Crippen molar-refractivity contribution in [1.82, 2.24) is 15.1 Å². The Morgan fingerprint density at radius 2 is 1.91 bits per heavy atom. The molecular weight excluding hydrogens is 307 g/mol. The fraction of sp³-hybridized carbons (Fsp3) is 0.438. The molecule has 0 fully saturated rings. The van der Waals surface area contributed by atoms with Crippen LogP contribution in [0.2, 0.25) is 0 Å². The maximum absolute atomic E-state index is 12.9. The van der Waals surface area contributed by atoms with Gasteiger partial charge in [0.05, 0.1) is 17.4 Å². The van der Waals surface area contributed by atoms with E-state index in [0.717, 1.165) is 11.8 Å². The molecule has 7 heteroatoms. The van der Waals surface area contributed by atoms with Crippen LogP contribution in [0.5, 0.6) is 0 Å². The number of halogens is 3. The number of nitrogens with one attached hydrogen (secondary N) is 1. The molecule has 0 aliphatic rings. The van der Waals surface area contributed by atoms with Crippen LogP contribution in [0.1, 0.15) is 42.8 Å². The quantitative estimate of drug-likeness (QED) is 0.856. The van der Waals surface area contributed by atoms with Gasteiger partial charge in [-0.15, -0.1) is 0 Å². The summed E-state index contributed by atoms with van der Waals surface area (Å²) >= 11 is 0. The van der Waals surface area contributed by atoms with Gasteiger partial charge in [-0.1, -0.05) is 18.2 Å². The van der Waals surface area contributed by atoms with E-state index in [9.17, 15) is 18.3 Å². The molecule has 0 bridgehead atoms. The third-order valence-electron chi connectivity index (χ3n) is 3.46. The van der Waals surface area contributed by atoms with Gasteiger partial charge in [-0.3, -0.25) is 4.68 Å². The summed E-state index contributed by atoms with van der Waals surface area (Å²) in [4.78, 5) is 0. The first kappa shape index (κ1) is 17.5. The van der Waals surface area contributed by atoms with Gasteiger partial charge in [-0.05, 0) is 31.5 Å². The van der Waals surface area contributed by atoms with Gasteiger partial charge in [0.2, 0.25) is 0 Å². The highest BCUT2D eigenvalue weighted by Crippen LogP contribution is 2.34. The molecule has 2 aromatic rings. The van der Waals surface area contributed by atoms with Crippen LogP contribution >= 0.6 is 0 Å². The number of hydrogen-bond donors (Lipinski definition) is 2. The van der Waals surface area contributed by atoms with E-state index in [0.29, 0.717) is 6.54 Å². The summed E-state index contributed by atoms with van der Waals surface area (Å²) in [5.41, 5.74) is -0.159. The summed E-state index contributed by atoms with van der Waals surface area (Å²) in [5, 5.41) is 17.3. The van der Waals surface area contributed by atoms with Crippen molar-refractivity contribution in [2.75, 3.05) is 6.54 Å². The van der Waals surface area contributed by atoms with Crippen LogP contribution in [0.4, 0.5) is 13.2 Å². The highest BCUT2D eigenvalue weighted by molar-refractivity contribution is 5.31. The van der Waals surface area contributed by atoms with Crippen LogP contribution in [0.25, 0.3) is 0 Å². The molecule has 1 heterocycles. The van der Waals surface area contributed by atoms with Gasteiger partial charge >= 0.3 is 6.18 Å². The van der Waals surface area contributed by atoms with E-state index in [1.807, 2.05) is 26.1 Å². The average Bonchev–Trinajstić information content (AvgIpc) is 2.95. The Balaban J connectivity index is 1.96. The Bertz CT molecular complexity index is 637. The second kappa shape index (κ2) is 7.14. The first-order chi connectivity index (χ1) is 10.8. The monoisotopic (exact) mass is 327 g/mol. The van der Waals surface area contributed by atoms with Crippen molar-refractivity contribution in [3.05, 3.63) is 53.3 Å². The number of nitrogens with zero attached hydrogens (tertiary/aromatic N) is 2. The van der Waals surface area contributed by atoms with Crippen LogP contribution in [0.3, 0.4) is 0 Å². The zero-order valence-corrected chi connectivity index (χ0v) is 13.0. The maximum Gasteiger partial charge on any atom is 0.416 e. The zero-order valence-electron chi connectivity index (χ0n) is 13.0. The standard InChI is InChI=1S/C16H20F3N3O/c1-11(2)22-8-7-12(21-22)9-20-10-15(23)13-5-3-4-6-14(13)16(17,18)19/h3-8,11,15,20,23H,9-10H2,1-2H3. The van der Waals surface area contributed by atoms with Crippen LogP contribution in [-0.2, 0) is 12.7 Å². The van der Waals surface area contributed by atoms with E-state index in [2.05, 4.69) is 10.4 Å². The molecular formula is C16H20F3N3O. The number of rotatable bonds is 6. The number of aliphatic hydroxyl groups excluding tert-OH is 1. The predicted molar refractivity (Wildman–Crippen MR) is 80.7 cm³/mol. The van der Waals surface area contributed by atoms with Gasteiger partial charge in [-0.2, -0.15) is 18.3 Å². The highest BCUT2D eigenvalue weighted by Gasteiger charge is 2.34. The van der Waals surface area contributed by atoms with Gasteiger partial charge < -0.3 is 10.4 Å². The van der Waals surface area contributed by atoms with Crippen LogP contribution in [-0.4, -0.2) is 21.4 Å². The Morgan fingerprint density at radius 1 is 1.22 bits per heavy atom. The van der Waals surface area contributed by atoms with E-state index in [4.69, 9.17) is 0 Å². The van der Waals surface area contributed by atoms with Crippen molar-refractivity contribution in [2.24, 2.45) is 0 Å². The normalized spacial score (nSPS) is 13.5. The molecule has 0 radical (unpaired) electrons. The lowest BCUT2D eigenvalue weighted by Gasteiger charge is -2.17. The topological polar surface area (TPSA) is 50.1 Å². The number of alkyl halides is 3. The summed E-state index contributed by atoms with van der Waals surface area (Å²) in [6.07, 6.45) is -3.87. The zero-order chi connectivity index (χ0) is 17.0. The van der Waals surface area contributed by atoms with Crippen molar-refractivity contribution in [3.63, 3.8) is 0 Å². The van der Waals surface area contributed by atoms with Gasteiger partial charge in [-0.25, -0.2) is 0 Å². The van der Waals surface area contributed by atoms with Gasteiger partial charge in [0.1, 0.15) is 0 Å². The molecule has 1 unspecified atom stereocenters. The van der Waals surface area contributed by atoms with Crippen LogP contribution in [0, 0.1) is 0 Å². The Kier molecular flexibility index (Phi) is 5.43. The van der Waals surface area contributed by atoms with Crippen molar-refractivity contribution in [2.45, 2.75) is 38.7 Å². The SMILES string of the molecule is CC(C)n1ccc(CNCC(O)c2ccccc2C(F)(F)F)n1. The molecule has 1 aromatic heterocycles. The summed E-state index contributed by atoms with van der Waals surface area (Å²) in [6.45, 7) is 4.40. The van der Waals surface area contributed by atoms with Crippen molar-refractivity contribution < 1.29 is 18.3 Å². The first-order valence-electron chi connectivity index (χ1n) is 7.38. The number of hydrogen-bond acceptors (Lipinski definition) is 3. The maximum atomic E-state index is 12.9. The fourth-order valence-corrected chi connectivity index (χ4v) is 2.25. The summed E-state index contributed by atoms with van der Waals surface area (Å²) in [7, 11) is 0. The summed E-state index contributed by atoms with van der Waals surface area (Å²) < 4.78 is 40.6. The van der Waals surface area contributed by atoms with Crippen molar-refractivity contribution in [1.29, 1.82) is 0 Å². The summed E-state index contributed by atoms with van der Waals surface area (Å²) in [6, 6.07) is 7.14. The summed E-state index contributed by atoms with van der Waals surface area (Å²) in [5.74, 6) is 0. The third-order valence-corrected chi connectivity index (χ3v) is 3.46. The van der Waals surface area contributed by atoms with E-state index < -0.39 is 17.8 Å². The Hall–Kier alpha value is -1.86. The van der Waals surface area contributed by atoms with E-state index in [1.165, 1.54) is 18.2 Å². The average molecular weight is 327 g/mol. The molecule has 0 saturated heterocycles. The molecule has 0 spiro atoms. The van der Waals surface area contributed by atoms with Crippen molar-refractivity contribution in [3.8, 4) is 0 Å². The lowest BCUT2D eigenvalue weighted by Crippen LogP contribution is -2.23. The number of aromatic nitrogens is 2. The second-order valence-corrected chi connectivity index (χ2v) is 5.61. The van der Waals surface area contributed by atoms with Crippen molar-refractivity contribution >= 4 is 0 Å². The first-order valence-corrected chi connectivity index (χ1v) is 7.38.